The Labute approximate surface area is 114 Å². The van der Waals surface area contributed by atoms with E-state index in [0.717, 1.165) is 6.08 Å². The molecule has 110 valence electrons. The first-order chi connectivity index (χ1) is 8.92. The van der Waals surface area contributed by atoms with Gasteiger partial charge in [0.25, 0.3) is 0 Å². The van der Waals surface area contributed by atoms with E-state index >= 15 is 0 Å². The highest BCUT2D eigenvalue weighted by atomic mass is 16.7. The summed E-state index contributed by atoms with van der Waals surface area (Å²) in [6.07, 6.45) is 1.15. The standard InChI is InChI=1S/C7H13NO2.C6H11NO2/c1-4-7(9)10-8(5-2)6-3;1-5(2)6(8)9-4-3-7/h4H,1,5-6H2,2-3H3;1,3-4,7H2,2H3. The van der Waals surface area contributed by atoms with Crippen LogP contribution < -0.4 is 5.73 Å². The van der Waals surface area contributed by atoms with Gasteiger partial charge in [-0.05, 0) is 20.8 Å². The molecule has 0 unspecified atom stereocenters. The summed E-state index contributed by atoms with van der Waals surface area (Å²) in [5.74, 6) is -0.774. The number of esters is 1. The zero-order valence-corrected chi connectivity index (χ0v) is 12.0. The van der Waals surface area contributed by atoms with Gasteiger partial charge in [-0.1, -0.05) is 13.2 Å². The predicted molar refractivity (Wildman–Crippen MR) is 74.0 cm³/mol. The van der Waals surface area contributed by atoms with Crippen molar-refractivity contribution < 1.29 is 19.2 Å². The SMILES string of the molecule is C=C(C)C(=O)OCCN.C=CC(=O)ON(CC)CC. The van der Waals surface area contributed by atoms with E-state index in [1.165, 1.54) is 0 Å². The van der Waals surface area contributed by atoms with E-state index in [1.807, 2.05) is 13.8 Å². The second kappa shape index (κ2) is 12.8. The lowest BCUT2D eigenvalue weighted by molar-refractivity contribution is -0.182. The summed E-state index contributed by atoms with van der Waals surface area (Å²) in [7, 11) is 0. The van der Waals surface area contributed by atoms with E-state index in [9.17, 15) is 9.59 Å². The average Bonchev–Trinajstić information content (AvgIpc) is 2.42. The van der Waals surface area contributed by atoms with Crippen LogP contribution in [0.3, 0.4) is 0 Å². The van der Waals surface area contributed by atoms with E-state index in [0.29, 0.717) is 25.2 Å². The van der Waals surface area contributed by atoms with Gasteiger partial charge in [0.2, 0.25) is 0 Å². The molecular formula is C13H24N2O4. The third-order valence-corrected chi connectivity index (χ3v) is 1.79. The molecule has 6 heteroatoms. The molecule has 0 atom stereocenters. The Morgan fingerprint density at radius 2 is 1.84 bits per heavy atom. The molecule has 0 aromatic rings. The van der Waals surface area contributed by atoms with Crippen LogP contribution in [0.1, 0.15) is 20.8 Å². The van der Waals surface area contributed by atoms with Gasteiger partial charge in [0, 0.05) is 31.3 Å². The van der Waals surface area contributed by atoms with Crippen LogP contribution in [0, 0.1) is 0 Å². The third kappa shape index (κ3) is 12.6. The first kappa shape index (κ1) is 19.7. The second-order valence-electron chi connectivity index (χ2n) is 3.43. The van der Waals surface area contributed by atoms with Crippen molar-refractivity contribution in [3.63, 3.8) is 0 Å². The number of hydrogen-bond donors (Lipinski definition) is 1. The maximum atomic E-state index is 10.6. The van der Waals surface area contributed by atoms with Crippen molar-refractivity contribution in [2.45, 2.75) is 20.8 Å². The lowest BCUT2D eigenvalue weighted by Crippen LogP contribution is -2.25. The van der Waals surface area contributed by atoms with Crippen molar-refractivity contribution in [1.29, 1.82) is 0 Å². The van der Waals surface area contributed by atoms with Gasteiger partial charge in [0.1, 0.15) is 6.61 Å². The fourth-order valence-corrected chi connectivity index (χ4v) is 0.792. The quantitative estimate of drug-likeness (QED) is 0.423. The van der Waals surface area contributed by atoms with E-state index in [-0.39, 0.29) is 12.6 Å². The lowest BCUT2D eigenvalue weighted by Gasteiger charge is -2.15. The molecule has 0 saturated heterocycles. The van der Waals surface area contributed by atoms with Crippen LogP contribution in [0.5, 0.6) is 0 Å². The maximum Gasteiger partial charge on any atom is 0.349 e. The summed E-state index contributed by atoms with van der Waals surface area (Å²) in [4.78, 5) is 25.9. The molecule has 0 heterocycles. The molecule has 0 amide bonds. The summed E-state index contributed by atoms with van der Waals surface area (Å²) in [6, 6.07) is 0. The molecule has 0 rings (SSSR count). The van der Waals surface area contributed by atoms with E-state index in [4.69, 9.17) is 10.6 Å². The monoisotopic (exact) mass is 272 g/mol. The fraction of sp³-hybridized carbons (Fsp3) is 0.538. The number of ether oxygens (including phenoxy) is 1. The first-order valence-electron chi connectivity index (χ1n) is 6.04. The Hall–Kier alpha value is -1.66. The number of nitrogens with zero attached hydrogens (tertiary/aromatic N) is 1. The molecule has 0 spiro atoms. The van der Waals surface area contributed by atoms with E-state index in [2.05, 4.69) is 17.9 Å². The molecule has 0 aliphatic carbocycles. The molecular weight excluding hydrogens is 248 g/mol. The minimum atomic E-state index is -0.399. The Bertz CT molecular complexity index is 299. The Balaban J connectivity index is 0. The molecule has 6 nitrogen and oxygen atoms in total. The van der Waals surface area contributed by atoms with Crippen molar-refractivity contribution in [3.8, 4) is 0 Å². The van der Waals surface area contributed by atoms with Gasteiger partial charge in [-0.15, -0.1) is 5.06 Å². The van der Waals surface area contributed by atoms with Crippen LogP contribution in [0.4, 0.5) is 0 Å². The van der Waals surface area contributed by atoms with Crippen molar-refractivity contribution in [3.05, 3.63) is 24.8 Å². The molecule has 0 saturated carbocycles. The molecule has 2 N–H and O–H groups in total. The van der Waals surface area contributed by atoms with Crippen LogP contribution in [-0.2, 0) is 19.2 Å². The van der Waals surface area contributed by atoms with Gasteiger partial charge in [-0.2, -0.15) is 0 Å². The summed E-state index contributed by atoms with van der Waals surface area (Å²) in [6.45, 7) is 14.1. The minimum absolute atomic E-state index is 0.270. The number of rotatable bonds is 7. The van der Waals surface area contributed by atoms with Gasteiger partial charge in [0.05, 0.1) is 0 Å². The molecule has 0 aliphatic rings. The predicted octanol–water partition coefficient (Wildman–Crippen LogP) is 1.04. The normalized spacial score (nSPS) is 9.11. The van der Waals surface area contributed by atoms with Crippen molar-refractivity contribution >= 4 is 11.9 Å². The summed E-state index contributed by atoms with van der Waals surface area (Å²) < 4.78 is 4.59. The largest absolute Gasteiger partial charge is 0.461 e. The van der Waals surface area contributed by atoms with Crippen LogP contribution in [0.2, 0.25) is 0 Å². The summed E-state index contributed by atoms with van der Waals surface area (Å²) in [5, 5.41) is 1.56. The van der Waals surface area contributed by atoms with Crippen molar-refractivity contribution in [2.24, 2.45) is 5.73 Å². The van der Waals surface area contributed by atoms with Crippen LogP contribution in [0.25, 0.3) is 0 Å². The van der Waals surface area contributed by atoms with Crippen LogP contribution >= 0.6 is 0 Å². The molecule has 0 aliphatic heterocycles. The van der Waals surface area contributed by atoms with Gasteiger partial charge >= 0.3 is 11.9 Å². The second-order valence-corrected chi connectivity index (χ2v) is 3.43. The number of carbonyl (C=O) groups excluding carboxylic acids is 2. The van der Waals surface area contributed by atoms with Gasteiger partial charge in [0.15, 0.2) is 0 Å². The van der Waals surface area contributed by atoms with Crippen LogP contribution in [0.15, 0.2) is 24.8 Å². The average molecular weight is 272 g/mol. The van der Waals surface area contributed by atoms with Gasteiger partial charge < -0.3 is 15.3 Å². The Kier molecular flexibility index (Phi) is 13.2. The smallest absolute Gasteiger partial charge is 0.349 e. The first-order valence-corrected chi connectivity index (χ1v) is 6.04. The molecule has 0 aromatic heterocycles. The highest BCUT2D eigenvalue weighted by molar-refractivity contribution is 5.86. The maximum absolute atomic E-state index is 10.6. The zero-order chi connectivity index (χ0) is 15.3. The topological polar surface area (TPSA) is 81.9 Å². The van der Waals surface area contributed by atoms with E-state index in [1.54, 1.807) is 12.0 Å². The van der Waals surface area contributed by atoms with E-state index < -0.39 is 5.97 Å². The lowest BCUT2D eigenvalue weighted by atomic mass is 10.4. The number of carbonyl (C=O) groups is 2. The zero-order valence-electron chi connectivity index (χ0n) is 12.0. The number of hydroxylamine groups is 2. The Morgan fingerprint density at radius 1 is 1.32 bits per heavy atom. The van der Waals surface area contributed by atoms with Crippen molar-refractivity contribution in [1.82, 2.24) is 5.06 Å². The fourth-order valence-electron chi connectivity index (χ4n) is 0.792. The molecule has 0 aromatic carbocycles. The molecule has 0 fully saturated rings. The molecule has 0 bridgehead atoms. The van der Waals surface area contributed by atoms with Crippen LogP contribution in [-0.4, -0.2) is 43.2 Å². The van der Waals surface area contributed by atoms with Gasteiger partial charge in [-0.3, -0.25) is 0 Å². The highest BCUT2D eigenvalue weighted by Crippen LogP contribution is 1.90. The number of nitrogens with two attached hydrogens (primary N) is 1. The summed E-state index contributed by atoms with van der Waals surface area (Å²) >= 11 is 0. The number of hydrogen-bond acceptors (Lipinski definition) is 6. The Morgan fingerprint density at radius 3 is 2.16 bits per heavy atom. The highest BCUT2D eigenvalue weighted by Gasteiger charge is 2.02. The molecule has 0 radical (unpaired) electrons. The minimum Gasteiger partial charge on any atom is -0.461 e. The van der Waals surface area contributed by atoms with Crippen molar-refractivity contribution in [2.75, 3.05) is 26.2 Å². The van der Waals surface area contributed by atoms with Gasteiger partial charge in [-0.25, -0.2) is 9.59 Å². The summed E-state index contributed by atoms with van der Waals surface area (Å²) in [5.41, 5.74) is 5.48. The molecule has 19 heavy (non-hydrogen) atoms. The third-order valence-electron chi connectivity index (χ3n) is 1.79.